The van der Waals surface area contributed by atoms with Crippen molar-refractivity contribution < 1.29 is 4.79 Å². The topological polar surface area (TPSA) is 98.3 Å². The molecule has 5 rings (SSSR count). The van der Waals surface area contributed by atoms with E-state index in [1.807, 2.05) is 31.2 Å². The average Bonchev–Trinajstić information content (AvgIpc) is 3.33. The molecule has 1 aromatic heterocycles. The number of nitrogens with two attached hydrogens (primary N) is 1. The van der Waals surface area contributed by atoms with Crippen molar-refractivity contribution in [2.24, 2.45) is 0 Å². The second-order valence-electron chi connectivity index (χ2n) is 9.88. The molecule has 1 atom stereocenters. The zero-order valence-corrected chi connectivity index (χ0v) is 21.3. The Bertz CT molecular complexity index is 1410. The third-order valence-corrected chi connectivity index (χ3v) is 7.37. The van der Waals surface area contributed by atoms with Crippen LogP contribution in [0.5, 0.6) is 0 Å². The first-order chi connectivity index (χ1) is 17.9. The summed E-state index contributed by atoms with van der Waals surface area (Å²) >= 11 is 0. The molecule has 4 N–H and O–H groups in total. The van der Waals surface area contributed by atoms with Crippen molar-refractivity contribution in [2.75, 3.05) is 44.3 Å². The van der Waals surface area contributed by atoms with E-state index in [1.165, 1.54) is 17.3 Å². The van der Waals surface area contributed by atoms with Gasteiger partial charge in [0.1, 0.15) is 5.82 Å². The summed E-state index contributed by atoms with van der Waals surface area (Å²) in [4.78, 5) is 22.2. The molecule has 2 heterocycles. The second kappa shape index (κ2) is 10.6. The summed E-state index contributed by atoms with van der Waals surface area (Å²) < 4.78 is 0. The molecule has 0 bridgehead atoms. The highest BCUT2D eigenvalue weighted by atomic mass is 16.1. The van der Waals surface area contributed by atoms with E-state index in [4.69, 9.17) is 11.1 Å². The summed E-state index contributed by atoms with van der Waals surface area (Å²) in [5.74, 6) is 6.44. The Morgan fingerprint density at radius 3 is 2.73 bits per heavy atom. The zero-order chi connectivity index (χ0) is 25.9. The molecule has 0 saturated carbocycles. The van der Waals surface area contributed by atoms with Crippen LogP contribution in [0.25, 0.3) is 0 Å². The first-order valence-electron chi connectivity index (χ1n) is 12.7. The minimum atomic E-state index is -0.119. The van der Waals surface area contributed by atoms with Crippen LogP contribution in [-0.4, -0.2) is 60.1 Å². The fourth-order valence-corrected chi connectivity index (χ4v) is 5.10. The Morgan fingerprint density at radius 2 is 1.95 bits per heavy atom. The van der Waals surface area contributed by atoms with Gasteiger partial charge >= 0.3 is 0 Å². The number of nitrogens with zero attached hydrogens (tertiary/aromatic N) is 3. The lowest BCUT2D eigenvalue weighted by atomic mass is 10.0. The molecule has 2 aliphatic rings. The largest absolute Gasteiger partial charge is 0.383 e. The molecule has 0 radical (unpaired) electrons. The Morgan fingerprint density at radius 1 is 1.14 bits per heavy atom. The summed E-state index contributed by atoms with van der Waals surface area (Å²) in [5, 5.41) is 10.5. The maximum Gasteiger partial charge on any atom is 0.255 e. The number of benzene rings is 2. The third-order valence-electron chi connectivity index (χ3n) is 7.37. The van der Waals surface area contributed by atoms with Crippen LogP contribution in [0.15, 0.2) is 48.7 Å². The molecule has 7 nitrogen and oxygen atoms in total. The summed E-state index contributed by atoms with van der Waals surface area (Å²) in [6.07, 6.45) is 4.89. The Kier molecular flexibility index (Phi) is 7.04. The Hall–Kier alpha value is -3.99. The van der Waals surface area contributed by atoms with Gasteiger partial charge in [-0.15, -0.1) is 0 Å². The molecule has 1 unspecified atom stereocenters. The third kappa shape index (κ3) is 5.41. The van der Waals surface area contributed by atoms with Crippen molar-refractivity contribution in [3.63, 3.8) is 0 Å². The Labute approximate surface area is 218 Å². The van der Waals surface area contributed by atoms with Gasteiger partial charge in [-0.05, 0) is 73.8 Å². The van der Waals surface area contributed by atoms with Crippen molar-refractivity contribution in [3.8, 4) is 11.8 Å². The van der Waals surface area contributed by atoms with Crippen LogP contribution in [-0.2, 0) is 6.42 Å². The predicted molar refractivity (Wildman–Crippen MR) is 148 cm³/mol. The first kappa shape index (κ1) is 24.7. The monoisotopic (exact) mass is 492 g/mol. The number of likely N-dealkylation sites (N-methyl/N-ethyl adjacent to an activating group) is 1. The fourth-order valence-electron chi connectivity index (χ4n) is 5.10. The van der Waals surface area contributed by atoms with Gasteiger partial charge < -0.3 is 21.4 Å². The number of hydrogen-bond donors (Lipinski definition) is 3. The second-order valence-corrected chi connectivity index (χ2v) is 9.88. The van der Waals surface area contributed by atoms with Crippen LogP contribution in [0.2, 0.25) is 0 Å². The standard InChI is InChI=1S/C30H32N6O/c1-20-3-8-26(17-22(20)5-4-21-15-25(18-31)29(32)33-19-21)34-30(37)24-6-9-27-23(16-24)7-10-28(27)36-13-11-35(2)12-14-36/h3,6,8-9,15-19,28,31H,7,10-14H2,1-2H3,(H2,32,33)(H,34,37). The smallest absolute Gasteiger partial charge is 0.255 e. The normalized spacial score (nSPS) is 17.5. The van der Waals surface area contributed by atoms with E-state index in [0.717, 1.165) is 50.1 Å². The van der Waals surface area contributed by atoms with E-state index in [0.29, 0.717) is 34.2 Å². The van der Waals surface area contributed by atoms with Gasteiger partial charge in [-0.2, -0.15) is 0 Å². The number of amides is 1. The number of carbonyl (C=O) groups is 1. The summed E-state index contributed by atoms with van der Waals surface area (Å²) in [6, 6.07) is 14.1. The van der Waals surface area contributed by atoms with Gasteiger partial charge in [-0.25, -0.2) is 4.98 Å². The minimum absolute atomic E-state index is 0.119. The highest BCUT2D eigenvalue weighted by Crippen LogP contribution is 2.36. The Balaban J connectivity index is 1.30. The molecule has 188 valence electrons. The lowest BCUT2D eigenvalue weighted by molar-refractivity contribution is 0.102. The lowest BCUT2D eigenvalue weighted by Crippen LogP contribution is -2.45. The van der Waals surface area contributed by atoms with Crippen molar-refractivity contribution in [3.05, 3.63) is 87.6 Å². The van der Waals surface area contributed by atoms with Gasteiger partial charge in [0, 0.05) is 72.6 Å². The van der Waals surface area contributed by atoms with Gasteiger partial charge in [-0.3, -0.25) is 9.69 Å². The molecule has 1 fully saturated rings. The van der Waals surface area contributed by atoms with E-state index >= 15 is 0 Å². The summed E-state index contributed by atoms with van der Waals surface area (Å²) in [5.41, 5.74) is 12.8. The van der Waals surface area contributed by atoms with E-state index in [-0.39, 0.29) is 5.91 Å². The number of aryl methyl sites for hydroxylation is 2. The first-order valence-corrected chi connectivity index (χ1v) is 12.7. The van der Waals surface area contributed by atoms with E-state index in [9.17, 15) is 4.79 Å². The van der Waals surface area contributed by atoms with Gasteiger partial charge in [0.05, 0.1) is 0 Å². The maximum absolute atomic E-state index is 13.1. The molecule has 1 saturated heterocycles. The molecule has 0 spiro atoms. The lowest BCUT2D eigenvalue weighted by Gasteiger charge is -2.36. The average molecular weight is 493 g/mol. The van der Waals surface area contributed by atoms with Gasteiger partial charge in [0.2, 0.25) is 0 Å². The molecule has 1 aliphatic carbocycles. The molecule has 1 amide bonds. The van der Waals surface area contributed by atoms with Crippen LogP contribution in [0, 0.1) is 24.2 Å². The number of hydrogen-bond acceptors (Lipinski definition) is 6. The highest BCUT2D eigenvalue weighted by molar-refractivity contribution is 6.04. The number of nitrogen functional groups attached to an aromatic ring is 1. The number of aromatic nitrogens is 1. The number of anilines is 2. The molecule has 7 heteroatoms. The van der Waals surface area contributed by atoms with Crippen LogP contribution in [0.3, 0.4) is 0 Å². The minimum Gasteiger partial charge on any atom is -0.383 e. The van der Waals surface area contributed by atoms with Crippen LogP contribution < -0.4 is 11.1 Å². The fraction of sp³-hybridized carbons (Fsp3) is 0.300. The zero-order valence-electron chi connectivity index (χ0n) is 21.3. The highest BCUT2D eigenvalue weighted by Gasteiger charge is 2.30. The van der Waals surface area contributed by atoms with Gasteiger partial charge in [-0.1, -0.05) is 24.0 Å². The maximum atomic E-state index is 13.1. The summed E-state index contributed by atoms with van der Waals surface area (Å²) in [6.45, 7) is 6.39. The number of piperazine rings is 1. The number of nitrogens with one attached hydrogen (secondary N) is 2. The van der Waals surface area contributed by atoms with Crippen molar-refractivity contribution in [2.45, 2.75) is 25.8 Å². The van der Waals surface area contributed by atoms with Crippen LogP contribution in [0.4, 0.5) is 11.5 Å². The van der Waals surface area contributed by atoms with Gasteiger partial charge in [0.25, 0.3) is 5.91 Å². The molecular formula is C30H32N6O. The number of carbonyl (C=O) groups excluding carboxylic acids is 1. The van der Waals surface area contributed by atoms with Crippen molar-refractivity contribution in [1.29, 1.82) is 5.41 Å². The quantitative estimate of drug-likeness (QED) is 0.380. The van der Waals surface area contributed by atoms with Crippen LogP contribution >= 0.6 is 0 Å². The van der Waals surface area contributed by atoms with E-state index < -0.39 is 0 Å². The van der Waals surface area contributed by atoms with E-state index in [1.54, 1.807) is 12.3 Å². The molecule has 37 heavy (non-hydrogen) atoms. The SMILES string of the molecule is Cc1ccc(NC(=O)c2ccc3c(c2)CCC3N2CCN(C)CC2)cc1C#Cc1cnc(N)c(C=N)c1. The van der Waals surface area contributed by atoms with Crippen LogP contribution in [0.1, 0.15) is 56.2 Å². The van der Waals surface area contributed by atoms with Crippen molar-refractivity contribution >= 4 is 23.6 Å². The molecule has 2 aromatic carbocycles. The molecular weight excluding hydrogens is 460 g/mol. The molecule has 3 aromatic rings. The number of pyridine rings is 1. The number of rotatable bonds is 4. The molecule has 1 aliphatic heterocycles. The van der Waals surface area contributed by atoms with Crippen molar-refractivity contribution in [1.82, 2.24) is 14.8 Å². The summed E-state index contributed by atoms with van der Waals surface area (Å²) in [7, 11) is 2.18. The number of fused-ring (bicyclic) bond motifs is 1. The predicted octanol–water partition coefficient (Wildman–Crippen LogP) is 3.86. The van der Waals surface area contributed by atoms with Gasteiger partial charge in [0.15, 0.2) is 0 Å². The van der Waals surface area contributed by atoms with E-state index in [2.05, 4.69) is 51.1 Å².